The molecule has 0 spiro atoms. The Kier molecular flexibility index (Phi) is 3.09. The van der Waals surface area contributed by atoms with E-state index >= 15 is 0 Å². The van der Waals surface area contributed by atoms with Crippen molar-refractivity contribution in [2.75, 3.05) is 0 Å². The van der Waals surface area contributed by atoms with Gasteiger partial charge in [-0.3, -0.25) is 4.79 Å². The lowest BCUT2D eigenvalue weighted by Gasteiger charge is -2.28. The topological polar surface area (TPSA) is 17.1 Å². The number of rotatable bonds is 1. The van der Waals surface area contributed by atoms with Gasteiger partial charge in [-0.1, -0.05) is 12.1 Å². The fourth-order valence-corrected chi connectivity index (χ4v) is 2.58. The average Bonchev–Trinajstić information content (AvgIpc) is 2.23. The highest BCUT2D eigenvalue weighted by molar-refractivity contribution is 14.1. The standard InChI is InChI=1S/C12H12FIO/c13-12(7-2-1-6-11(12)15)9-4-3-5-10(14)8-9/h3-5,8H,1-2,6-7H2/t12-/m1/s1. The molecular formula is C12H12FIO. The summed E-state index contributed by atoms with van der Waals surface area (Å²) in [5, 5.41) is 0. The molecule has 2 rings (SSSR count). The van der Waals surface area contributed by atoms with Crippen LogP contribution in [0.15, 0.2) is 24.3 Å². The summed E-state index contributed by atoms with van der Waals surface area (Å²) in [7, 11) is 0. The van der Waals surface area contributed by atoms with Crippen LogP contribution in [0, 0.1) is 3.57 Å². The Labute approximate surface area is 102 Å². The van der Waals surface area contributed by atoms with Gasteiger partial charge in [0.05, 0.1) is 0 Å². The molecule has 1 nitrogen and oxygen atoms in total. The highest BCUT2D eigenvalue weighted by atomic mass is 127. The van der Waals surface area contributed by atoms with Crippen molar-refractivity contribution in [3.63, 3.8) is 0 Å². The summed E-state index contributed by atoms with van der Waals surface area (Å²) < 4.78 is 15.5. The van der Waals surface area contributed by atoms with Crippen LogP contribution >= 0.6 is 22.6 Å². The summed E-state index contributed by atoms with van der Waals surface area (Å²) in [4.78, 5) is 11.7. The largest absolute Gasteiger partial charge is 0.296 e. The highest BCUT2D eigenvalue weighted by Crippen LogP contribution is 2.38. The zero-order valence-corrected chi connectivity index (χ0v) is 10.5. The van der Waals surface area contributed by atoms with Crippen molar-refractivity contribution in [3.05, 3.63) is 33.4 Å². The van der Waals surface area contributed by atoms with Gasteiger partial charge in [0, 0.05) is 9.99 Å². The Morgan fingerprint density at radius 2 is 2.13 bits per heavy atom. The van der Waals surface area contributed by atoms with Gasteiger partial charge >= 0.3 is 0 Å². The minimum absolute atomic E-state index is 0.254. The summed E-state index contributed by atoms with van der Waals surface area (Å²) in [6, 6.07) is 7.19. The summed E-state index contributed by atoms with van der Waals surface area (Å²) in [5.74, 6) is -0.254. The quantitative estimate of drug-likeness (QED) is 0.723. The highest BCUT2D eigenvalue weighted by Gasteiger charge is 2.41. The SMILES string of the molecule is O=C1CCCC[C@@]1(F)c1cccc(I)c1. The Morgan fingerprint density at radius 1 is 1.33 bits per heavy atom. The van der Waals surface area contributed by atoms with Gasteiger partial charge < -0.3 is 0 Å². The molecular weight excluding hydrogens is 306 g/mol. The summed E-state index contributed by atoms with van der Waals surface area (Å²) in [6.07, 6.45) is 2.34. The normalized spacial score (nSPS) is 26.7. The second kappa shape index (κ2) is 4.20. The lowest BCUT2D eigenvalue weighted by atomic mass is 9.80. The number of carbonyl (C=O) groups is 1. The lowest BCUT2D eigenvalue weighted by Crippen LogP contribution is -2.34. The number of hydrogen-bond donors (Lipinski definition) is 0. The maximum Gasteiger partial charge on any atom is 0.193 e. The number of Topliss-reactive ketones (excluding diaryl/α,β-unsaturated/α-hetero) is 1. The third-order valence-corrected chi connectivity index (χ3v) is 3.57. The fraction of sp³-hybridized carbons (Fsp3) is 0.417. The molecule has 1 fully saturated rings. The first-order valence-corrected chi connectivity index (χ1v) is 6.19. The Balaban J connectivity index is 2.39. The summed E-state index contributed by atoms with van der Waals surface area (Å²) >= 11 is 2.14. The van der Waals surface area contributed by atoms with Gasteiger partial charge in [0.2, 0.25) is 0 Å². The van der Waals surface area contributed by atoms with E-state index in [2.05, 4.69) is 22.6 Å². The van der Waals surface area contributed by atoms with Crippen LogP contribution in [0.1, 0.15) is 31.2 Å². The molecule has 1 atom stereocenters. The Hall–Kier alpha value is -0.450. The molecule has 0 saturated heterocycles. The Morgan fingerprint density at radius 3 is 2.80 bits per heavy atom. The zero-order chi connectivity index (χ0) is 10.9. The van der Waals surface area contributed by atoms with Crippen molar-refractivity contribution in [2.45, 2.75) is 31.4 Å². The first-order valence-electron chi connectivity index (χ1n) is 5.11. The number of hydrogen-bond acceptors (Lipinski definition) is 1. The van der Waals surface area contributed by atoms with E-state index in [0.717, 1.165) is 16.4 Å². The van der Waals surface area contributed by atoms with Gasteiger partial charge in [0.1, 0.15) is 0 Å². The van der Waals surface area contributed by atoms with Crippen LogP contribution in [0.5, 0.6) is 0 Å². The predicted octanol–water partition coefficient (Wildman–Crippen LogP) is 3.60. The molecule has 0 N–H and O–H groups in total. The van der Waals surface area contributed by atoms with Crippen LogP contribution in [-0.4, -0.2) is 5.78 Å². The minimum atomic E-state index is -1.72. The average molecular weight is 318 g/mol. The van der Waals surface area contributed by atoms with Crippen molar-refractivity contribution < 1.29 is 9.18 Å². The molecule has 0 bridgehead atoms. The van der Waals surface area contributed by atoms with Gasteiger partial charge in [-0.2, -0.15) is 0 Å². The van der Waals surface area contributed by atoms with Crippen LogP contribution in [0.3, 0.4) is 0 Å². The minimum Gasteiger partial charge on any atom is -0.296 e. The second-order valence-electron chi connectivity index (χ2n) is 3.94. The maximum atomic E-state index is 14.5. The maximum absolute atomic E-state index is 14.5. The van der Waals surface area contributed by atoms with Crippen LogP contribution in [0.2, 0.25) is 0 Å². The monoisotopic (exact) mass is 318 g/mol. The van der Waals surface area contributed by atoms with E-state index in [-0.39, 0.29) is 5.78 Å². The zero-order valence-electron chi connectivity index (χ0n) is 8.30. The third kappa shape index (κ3) is 2.07. The molecule has 0 unspecified atom stereocenters. The van der Waals surface area contributed by atoms with E-state index < -0.39 is 5.67 Å². The molecule has 0 aliphatic heterocycles. The molecule has 1 saturated carbocycles. The van der Waals surface area contributed by atoms with Crippen LogP contribution in [0.4, 0.5) is 4.39 Å². The molecule has 1 aromatic carbocycles. The molecule has 0 radical (unpaired) electrons. The van der Waals surface area contributed by atoms with Gasteiger partial charge in [-0.15, -0.1) is 0 Å². The number of carbonyl (C=O) groups excluding carboxylic acids is 1. The number of alkyl halides is 1. The van der Waals surface area contributed by atoms with E-state index in [1.54, 1.807) is 18.2 Å². The molecule has 1 aliphatic rings. The molecule has 0 aromatic heterocycles. The first-order chi connectivity index (χ1) is 7.13. The van der Waals surface area contributed by atoms with Gasteiger partial charge in [0.25, 0.3) is 0 Å². The van der Waals surface area contributed by atoms with E-state index in [4.69, 9.17) is 0 Å². The first kappa shape index (κ1) is 11.0. The van der Waals surface area contributed by atoms with Crippen LogP contribution in [-0.2, 0) is 10.5 Å². The van der Waals surface area contributed by atoms with Crippen molar-refractivity contribution in [2.24, 2.45) is 0 Å². The molecule has 0 heterocycles. The number of benzene rings is 1. The van der Waals surface area contributed by atoms with Crippen LogP contribution in [0.25, 0.3) is 0 Å². The van der Waals surface area contributed by atoms with E-state index in [1.165, 1.54) is 0 Å². The van der Waals surface area contributed by atoms with Crippen LogP contribution < -0.4 is 0 Å². The molecule has 3 heteroatoms. The smallest absolute Gasteiger partial charge is 0.193 e. The Bertz CT molecular complexity index is 391. The molecule has 1 aliphatic carbocycles. The third-order valence-electron chi connectivity index (χ3n) is 2.90. The summed E-state index contributed by atoms with van der Waals surface area (Å²) in [5.41, 5.74) is -1.20. The van der Waals surface area contributed by atoms with Gasteiger partial charge in [0.15, 0.2) is 11.5 Å². The predicted molar refractivity (Wildman–Crippen MR) is 65.4 cm³/mol. The molecule has 0 amide bonds. The molecule has 1 aromatic rings. The summed E-state index contributed by atoms with van der Waals surface area (Å²) in [6.45, 7) is 0. The number of halogens is 2. The van der Waals surface area contributed by atoms with E-state index in [9.17, 15) is 9.18 Å². The number of ketones is 1. The second-order valence-corrected chi connectivity index (χ2v) is 5.19. The van der Waals surface area contributed by atoms with Crippen molar-refractivity contribution in [1.29, 1.82) is 0 Å². The molecule has 15 heavy (non-hydrogen) atoms. The van der Waals surface area contributed by atoms with E-state index in [1.807, 2.05) is 6.07 Å². The lowest BCUT2D eigenvalue weighted by molar-refractivity contribution is -0.134. The van der Waals surface area contributed by atoms with Gasteiger partial charge in [-0.25, -0.2) is 4.39 Å². The molecule has 80 valence electrons. The van der Waals surface area contributed by atoms with Crippen molar-refractivity contribution >= 4 is 28.4 Å². The van der Waals surface area contributed by atoms with Gasteiger partial charge in [-0.05, 0) is 59.5 Å². The van der Waals surface area contributed by atoms with E-state index in [0.29, 0.717) is 18.4 Å². The fourth-order valence-electron chi connectivity index (χ4n) is 2.03. The van der Waals surface area contributed by atoms with Crippen molar-refractivity contribution in [1.82, 2.24) is 0 Å². The van der Waals surface area contributed by atoms with Crippen molar-refractivity contribution in [3.8, 4) is 0 Å².